The van der Waals surface area contributed by atoms with E-state index in [2.05, 4.69) is 40.7 Å². The first-order valence-electron chi connectivity index (χ1n) is 9.90. The van der Waals surface area contributed by atoms with Gasteiger partial charge in [0, 0.05) is 6.08 Å². The molecule has 0 aliphatic heterocycles. The minimum atomic E-state index is -0.221. The summed E-state index contributed by atoms with van der Waals surface area (Å²) in [6, 6.07) is 0. The number of rotatable bonds is 13. The number of allylic oxidation sites excluding steroid dienone is 3. The van der Waals surface area contributed by atoms with Gasteiger partial charge in [0.15, 0.2) is 0 Å². The third-order valence-electron chi connectivity index (χ3n) is 4.65. The predicted molar refractivity (Wildman–Crippen MR) is 105 cm³/mol. The number of ether oxygens (including phenoxy) is 1. The highest BCUT2D eigenvalue weighted by molar-refractivity contribution is 5.83. The van der Waals surface area contributed by atoms with Gasteiger partial charge in [-0.25, -0.2) is 4.79 Å². The minimum Gasteiger partial charge on any atom is -0.462 e. The van der Waals surface area contributed by atoms with Crippen LogP contribution in [0.25, 0.3) is 0 Å². The molecular formula is C22H40O2. The highest BCUT2D eigenvalue weighted by atomic mass is 16.5. The summed E-state index contributed by atoms with van der Waals surface area (Å²) in [7, 11) is 0. The summed E-state index contributed by atoms with van der Waals surface area (Å²) in [6.07, 6.45) is 14.4. The van der Waals surface area contributed by atoms with E-state index in [0.29, 0.717) is 18.4 Å². The molecule has 140 valence electrons. The van der Waals surface area contributed by atoms with Crippen LogP contribution >= 0.6 is 0 Å². The Morgan fingerprint density at radius 3 is 2.29 bits per heavy atom. The Labute approximate surface area is 150 Å². The molecule has 0 saturated carbocycles. The van der Waals surface area contributed by atoms with Crippen molar-refractivity contribution < 1.29 is 9.53 Å². The normalized spacial score (nSPS) is 16.2. The second kappa shape index (κ2) is 14.3. The smallest absolute Gasteiger partial charge is 0.331 e. The van der Waals surface area contributed by atoms with Crippen molar-refractivity contribution in [3.8, 4) is 0 Å². The molecule has 0 radical (unpaired) electrons. The molecule has 0 aromatic carbocycles. The molecule has 0 aromatic rings. The summed E-state index contributed by atoms with van der Waals surface area (Å²) in [4.78, 5) is 11.8. The summed E-state index contributed by atoms with van der Waals surface area (Å²) in [5, 5.41) is 0. The maximum Gasteiger partial charge on any atom is 0.331 e. The third kappa shape index (κ3) is 13.4. The van der Waals surface area contributed by atoms with Gasteiger partial charge in [-0.05, 0) is 43.1 Å². The van der Waals surface area contributed by atoms with Crippen LogP contribution in [0.2, 0.25) is 0 Å². The quantitative estimate of drug-likeness (QED) is 0.212. The van der Waals surface area contributed by atoms with Crippen LogP contribution in [0.3, 0.4) is 0 Å². The first-order valence-corrected chi connectivity index (χ1v) is 9.90. The summed E-state index contributed by atoms with van der Waals surface area (Å²) >= 11 is 0. The molecule has 0 N–H and O–H groups in total. The lowest BCUT2D eigenvalue weighted by molar-refractivity contribution is -0.139. The molecule has 0 aliphatic rings. The first kappa shape index (κ1) is 22.9. The van der Waals surface area contributed by atoms with E-state index in [4.69, 9.17) is 4.74 Å². The molecule has 24 heavy (non-hydrogen) atoms. The average molecular weight is 337 g/mol. The number of esters is 1. The second-order valence-corrected chi connectivity index (χ2v) is 7.60. The molecule has 0 aliphatic carbocycles. The molecule has 0 fully saturated rings. The number of carbonyl (C=O) groups is 1. The van der Waals surface area contributed by atoms with E-state index in [1.807, 2.05) is 13.0 Å². The number of hydrogen-bond acceptors (Lipinski definition) is 2. The van der Waals surface area contributed by atoms with Crippen LogP contribution < -0.4 is 0 Å². The van der Waals surface area contributed by atoms with E-state index in [1.165, 1.54) is 25.7 Å². The molecule has 0 saturated heterocycles. The molecular weight excluding hydrogens is 296 g/mol. The van der Waals surface area contributed by atoms with Crippen molar-refractivity contribution in [1.29, 1.82) is 0 Å². The molecule has 0 heterocycles. The van der Waals surface area contributed by atoms with Crippen molar-refractivity contribution in [2.75, 3.05) is 6.61 Å². The van der Waals surface area contributed by atoms with E-state index in [-0.39, 0.29) is 5.97 Å². The molecule has 0 rings (SSSR count). The van der Waals surface area contributed by atoms with E-state index >= 15 is 0 Å². The van der Waals surface area contributed by atoms with Gasteiger partial charge >= 0.3 is 5.97 Å². The van der Waals surface area contributed by atoms with Gasteiger partial charge in [-0.1, -0.05) is 78.9 Å². The number of carbonyl (C=O) groups excluding carboxylic acids is 1. The predicted octanol–water partition coefficient (Wildman–Crippen LogP) is 6.71. The van der Waals surface area contributed by atoms with E-state index < -0.39 is 0 Å². The fourth-order valence-electron chi connectivity index (χ4n) is 2.70. The Balaban J connectivity index is 4.00. The summed E-state index contributed by atoms with van der Waals surface area (Å²) < 4.78 is 5.29. The van der Waals surface area contributed by atoms with Crippen LogP contribution in [0.1, 0.15) is 86.5 Å². The highest BCUT2D eigenvalue weighted by Crippen LogP contribution is 2.17. The van der Waals surface area contributed by atoms with Gasteiger partial charge in [-0.3, -0.25) is 0 Å². The van der Waals surface area contributed by atoms with Gasteiger partial charge in [-0.15, -0.1) is 0 Å². The largest absolute Gasteiger partial charge is 0.462 e. The Morgan fingerprint density at radius 2 is 1.67 bits per heavy atom. The zero-order valence-corrected chi connectivity index (χ0v) is 16.9. The fraction of sp³-hybridized carbons (Fsp3) is 0.773. The van der Waals surface area contributed by atoms with Crippen LogP contribution in [0.4, 0.5) is 0 Å². The van der Waals surface area contributed by atoms with Gasteiger partial charge in [0.05, 0.1) is 6.61 Å². The van der Waals surface area contributed by atoms with Crippen LogP contribution in [-0.4, -0.2) is 12.6 Å². The maximum absolute atomic E-state index is 11.8. The Morgan fingerprint density at radius 1 is 1.00 bits per heavy atom. The van der Waals surface area contributed by atoms with Gasteiger partial charge in [0.1, 0.15) is 0 Å². The highest BCUT2D eigenvalue weighted by Gasteiger charge is 2.05. The lowest BCUT2D eigenvalue weighted by atomic mass is 9.95. The first-order chi connectivity index (χ1) is 11.4. The topological polar surface area (TPSA) is 26.3 Å². The fourth-order valence-corrected chi connectivity index (χ4v) is 2.70. The van der Waals surface area contributed by atoms with Gasteiger partial charge in [0.25, 0.3) is 0 Å². The van der Waals surface area contributed by atoms with E-state index in [1.54, 1.807) is 6.08 Å². The van der Waals surface area contributed by atoms with Gasteiger partial charge in [-0.2, -0.15) is 0 Å². The molecule has 0 spiro atoms. The van der Waals surface area contributed by atoms with Crippen LogP contribution in [0.15, 0.2) is 23.8 Å². The monoisotopic (exact) mass is 336 g/mol. The molecule has 0 amide bonds. The lowest BCUT2D eigenvalue weighted by Gasteiger charge is -2.11. The van der Waals surface area contributed by atoms with Crippen molar-refractivity contribution in [1.82, 2.24) is 0 Å². The van der Waals surface area contributed by atoms with Crippen molar-refractivity contribution >= 4 is 5.97 Å². The molecule has 2 nitrogen and oxygen atoms in total. The van der Waals surface area contributed by atoms with Crippen molar-refractivity contribution in [3.63, 3.8) is 0 Å². The summed E-state index contributed by atoms with van der Waals surface area (Å²) in [5.41, 5.74) is 0.968. The maximum atomic E-state index is 11.8. The van der Waals surface area contributed by atoms with E-state index in [0.717, 1.165) is 30.8 Å². The van der Waals surface area contributed by atoms with Gasteiger partial charge < -0.3 is 4.74 Å². The SMILES string of the molecule is CCCC(C)COC(=O)C=C(C)C=CCC(C)CCCC(C)CC. The second-order valence-electron chi connectivity index (χ2n) is 7.60. The standard InChI is InChI=1S/C22H40O2/c1-7-11-21(6)17-24-22(23)16-20(5)15-10-14-19(4)13-9-12-18(3)8-2/h10,15-16,18-19,21H,7-9,11-14,17H2,1-6H3. The zero-order chi connectivity index (χ0) is 18.4. The third-order valence-corrected chi connectivity index (χ3v) is 4.65. The molecule has 0 bridgehead atoms. The van der Waals surface area contributed by atoms with E-state index in [9.17, 15) is 4.79 Å². The Bertz CT molecular complexity index is 381. The Kier molecular flexibility index (Phi) is 13.7. The van der Waals surface area contributed by atoms with Gasteiger partial charge in [0.2, 0.25) is 0 Å². The lowest BCUT2D eigenvalue weighted by Crippen LogP contribution is -2.10. The molecule has 3 atom stereocenters. The Hall–Kier alpha value is -1.05. The average Bonchev–Trinajstić information content (AvgIpc) is 2.53. The molecule has 2 heteroatoms. The van der Waals surface area contributed by atoms with Crippen molar-refractivity contribution in [2.24, 2.45) is 17.8 Å². The molecule has 3 unspecified atom stereocenters. The number of hydrogen-bond donors (Lipinski definition) is 0. The molecule has 0 aromatic heterocycles. The van der Waals surface area contributed by atoms with Crippen LogP contribution in [-0.2, 0) is 9.53 Å². The minimum absolute atomic E-state index is 0.221. The summed E-state index contributed by atoms with van der Waals surface area (Å²) in [6.45, 7) is 13.7. The summed E-state index contributed by atoms with van der Waals surface area (Å²) in [5.74, 6) is 1.78. The zero-order valence-electron chi connectivity index (χ0n) is 16.9. The van der Waals surface area contributed by atoms with Crippen LogP contribution in [0, 0.1) is 17.8 Å². The van der Waals surface area contributed by atoms with Crippen LogP contribution in [0.5, 0.6) is 0 Å². The van der Waals surface area contributed by atoms with Crippen molar-refractivity contribution in [3.05, 3.63) is 23.8 Å². The van der Waals surface area contributed by atoms with Crippen molar-refractivity contribution in [2.45, 2.75) is 86.5 Å².